The molecule has 1 aliphatic heterocycles. The van der Waals surface area contributed by atoms with E-state index in [0.29, 0.717) is 11.7 Å². The first-order valence-electron chi connectivity index (χ1n) is 7.20. The average molecular weight is 259 g/mol. The number of hydrogen-bond donors (Lipinski definition) is 0. The van der Waals surface area contributed by atoms with E-state index in [1.54, 1.807) is 12.3 Å². The summed E-state index contributed by atoms with van der Waals surface area (Å²) >= 11 is 0. The van der Waals surface area contributed by atoms with Gasteiger partial charge >= 0.3 is 0 Å². The maximum atomic E-state index is 12.3. The number of aromatic nitrogens is 1. The Hall–Kier alpha value is -1.42. The van der Waals surface area contributed by atoms with Crippen LogP contribution in [0.5, 0.6) is 0 Å². The quantitative estimate of drug-likeness (QED) is 0.828. The van der Waals surface area contributed by atoms with Crippen molar-refractivity contribution >= 4 is 5.91 Å². The van der Waals surface area contributed by atoms with Crippen molar-refractivity contribution in [2.24, 2.45) is 5.92 Å². The van der Waals surface area contributed by atoms with Gasteiger partial charge in [-0.15, -0.1) is 0 Å². The Bertz CT molecular complexity index is 436. The van der Waals surface area contributed by atoms with E-state index in [1.165, 1.54) is 12.8 Å². The van der Waals surface area contributed by atoms with E-state index in [0.717, 1.165) is 32.1 Å². The Balaban J connectivity index is 1.56. The molecule has 0 radical (unpaired) electrons. The van der Waals surface area contributed by atoms with E-state index in [2.05, 4.69) is 16.8 Å². The van der Waals surface area contributed by atoms with Crippen LogP contribution in [0.25, 0.3) is 0 Å². The Morgan fingerprint density at radius 2 is 2.00 bits per heavy atom. The molecule has 2 aliphatic rings. The molecule has 1 saturated carbocycles. The number of hydrogen-bond acceptors (Lipinski definition) is 3. The van der Waals surface area contributed by atoms with Gasteiger partial charge in [0.15, 0.2) is 0 Å². The van der Waals surface area contributed by atoms with Gasteiger partial charge in [-0.05, 0) is 37.8 Å². The van der Waals surface area contributed by atoms with Crippen molar-refractivity contribution in [3.63, 3.8) is 0 Å². The molecular formula is C15H21N3O. The van der Waals surface area contributed by atoms with Crippen LogP contribution in [0.15, 0.2) is 24.4 Å². The highest BCUT2D eigenvalue weighted by Crippen LogP contribution is 2.35. The number of piperazine rings is 1. The third-order valence-electron chi connectivity index (χ3n) is 4.37. The smallest absolute Gasteiger partial charge is 0.272 e. The molecule has 4 nitrogen and oxygen atoms in total. The molecule has 1 unspecified atom stereocenters. The summed E-state index contributed by atoms with van der Waals surface area (Å²) in [5, 5.41) is 0. The van der Waals surface area contributed by atoms with Crippen molar-refractivity contribution in [1.29, 1.82) is 0 Å². The van der Waals surface area contributed by atoms with Crippen LogP contribution in [-0.2, 0) is 0 Å². The summed E-state index contributed by atoms with van der Waals surface area (Å²) in [7, 11) is 0. The SMILES string of the molecule is CC(C1CC1)N1CCN(C(=O)c2ccccn2)CC1. The van der Waals surface area contributed by atoms with Crippen molar-refractivity contribution < 1.29 is 4.79 Å². The summed E-state index contributed by atoms with van der Waals surface area (Å²) in [4.78, 5) is 20.9. The molecule has 4 heteroatoms. The minimum absolute atomic E-state index is 0.0688. The number of nitrogens with zero attached hydrogens (tertiary/aromatic N) is 3. The fraction of sp³-hybridized carbons (Fsp3) is 0.600. The Kier molecular flexibility index (Phi) is 3.51. The molecule has 0 spiro atoms. The molecule has 102 valence electrons. The standard InChI is InChI=1S/C15H21N3O/c1-12(13-5-6-13)17-8-10-18(11-9-17)15(19)14-4-2-3-7-16-14/h2-4,7,12-13H,5-6,8-11H2,1H3. The molecule has 1 saturated heterocycles. The Labute approximate surface area is 114 Å². The molecule has 2 heterocycles. The van der Waals surface area contributed by atoms with Gasteiger partial charge in [0, 0.05) is 38.4 Å². The largest absolute Gasteiger partial charge is 0.335 e. The van der Waals surface area contributed by atoms with Gasteiger partial charge in [0.05, 0.1) is 0 Å². The van der Waals surface area contributed by atoms with E-state index in [1.807, 2.05) is 17.0 Å². The zero-order valence-electron chi connectivity index (χ0n) is 11.5. The van der Waals surface area contributed by atoms with Crippen LogP contribution in [0.1, 0.15) is 30.3 Å². The van der Waals surface area contributed by atoms with Crippen molar-refractivity contribution in [2.45, 2.75) is 25.8 Å². The predicted molar refractivity (Wildman–Crippen MR) is 73.9 cm³/mol. The minimum Gasteiger partial charge on any atom is -0.335 e. The lowest BCUT2D eigenvalue weighted by Crippen LogP contribution is -2.51. The summed E-state index contributed by atoms with van der Waals surface area (Å²) in [6.07, 6.45) is 4.45. The van der Waals surface area contributed by atoms with E-state index in [9.17, 15) is 4.79 Å². The zero-order chi connectivity index (χ0) is 13.2. The fourth-order valence-corrected chi connectivity index (χ4v) is 2.86. The van der Waals surface area contributed by atoms with E-state index in [-0.39, 0.29) is 5.91 Å². The molecule has 1 aromatic heterocycles. The highest BCUT2D eigenvalue weighted by molar-refractivity contribution is 5.92. The summed E-state index contributed by atoms with van der Waals surface area (Å²) in [5.41, 5.74) is 0.561. The number of carbonyl (C=O) groups excluding carboxylic acids is 1. The van der Waals surface area contributed by atoms with Crippen LogP contribution in [0.3, 0.4) is 0 Å². The van der Waals surface area contributed by atoms with E-state index >= 15 is 0 Å². The van der Waals surface area contributed by atoms with E-state index < -0.39 is 0 Å². The van der Waals surface area contributed by atoms with Gasteiger partial charge in [0.2, 0.25) is 0 Å². The van der Waals surface area contributed by atoms with Crippen molar-refractivity contribution in [3.8, 4) is 0 Å². The van der Waals surface area contributed by atoms with Crippen LogP contribution in [0, 0.1) is 5.92 Å². The highest BCUT2D eigenvalue weighted by Gasteiger charge is 2.34. The topological polar surface area (TPSA) is 36.4 Å². The molecule has 0 bridgehead atoms. The van der Waals surface area contributed by atoms with Crippen LogP contribution < -0.4 is 0 Å². The molecule has 0 aromatic carbocycles. The van der Waals surface area contributed by atoms with Crippen molar-refractivity contribution in [3.05, 3.63) is 30.1 Å². The second kappa shape index (κ2) is 5.29. The van der Waals surface area contributed by atoms with Gasteiger partial charge in [0.25, 0.3) is 5.91 Å². The molecule has 1 amide bonds. The molecule has 1 atom stereocenters. The molecule has 1 aliphatic carbocycles. The third kappa shape index (κ3) is 2.78. The van der Waals surface area contributed by atoms with Crippen LogP contribution in [0.2, 0.25) is 0 Å². The fourth-order valence-electron chi connectivity index (χ4n) is 2.86. The summed E-state index contributed by atoms with van der Waals surface area (Å²) in [6, 6.07) is 6.19. The summed E-state index contributed by atoms with van der Waals surface area (Å²) in [5.74, 6) is 0.970. The molecule has 19 heavy (non-hydrogen) atoms. The lowest BCUT2D eigenvalue weighted by atomic mass is 10.1. The number of carbonyl (C=O) groups is 1. The molecular weight excluding hydrogens is 238 g/mol. The lowest BCUT2D eigenvalue weighted by Gasteiger charge is -2.38. The van der Waals surface area contributed by atoms with Gasteiger partial charge in [-0.2, -0.15) is 0 Å². The predicted octanol–water partition coefficient (Wildman–Crippen LogP) is 1.64. The molecule has 3 rings (SSSR count). The van der Waals surface area contributed by atoms with Gasteiger partial charge in [-0.1, -0.05) is 6.07 Å². The molecule has 1 aromatic rings. The van der Waals surface area contributed by atoms with Crippen LogP contribution >= 0.6 is 0 Å². The maximum Gasteiger partial charge on any atom is 0.272 e. The van der Waals surface area contributed by atoms with Gasteiger partial charge in [-0.25, -0.2) is 0 Å². The number of rotatable bonds is 3. The van der Waals surface area contributed by atoms with Crippen molar-refractivity contribution in [2.75, 3.05) is 26.2 Å². The van der Waals surface area contributed by atoms with Crippen LogP contribution in [0.4, 0.5) is 0 Å². The second-order valence-electron chi connectivity index (χ2n) is 5.62. The normalized spacial score (nSPS) is 22.3. The first-order valence-corrected chi connectivity index (χ1v) is 7.20. The minimum atomic E-state index is 0.0688. The van der Waals surface area contributed by atoms with Gasteiger partial charge < -0.3 is 4.90 Å². The molecule has 2 fully saturated rings. The van der Waals surface area contributed by atoms with Gasteiger partial charge in [0.1, 0.15) is 5.69 Å². The first kappa shape index (κ1) is 12.6. The zero-order valence-corrected chi connectivity index (χ0v) is 11.5. The molecule has 0 N–H and O–H groups in total. The monoisotopic (exact) mass is 259 g/mol. The Morgan fingerprint density at radius 3 is 2.58 bits per heavy atom. The van der Waals surface area contributed by atoms with E-state index in [4.69, 9.17) is 0 Å². The van der Waals surface area contributed by atoms with Gasteiger partial charge in [-0.3, -0.25) is 14.7 Å². The number of amides is 1. The first-order chi connectivity index (χ1) is 9.25. The Morgan fingerprint density at radius 1 is 1.26 bits per heavy atom. The maximum absolute atomic E-state index is 12.3. The van der Waals surface area contributed by atoms with Crippen LogP contribution in [-0.4, -0.2) is 52.9 Å². The number of pyridine rings is 1. The summed E-state index contributed by atoms with van der Waals surface area (Å²) in [6.45, 7) is 5.97. The second-order valence-corrected chi connectivity index (χ2v) is 5.62. The van der Waals surface area contributed by atoms with Crippen molar-refractivity contribution in [1.82, 2.24) is 14.8 Å². The third-order valence-corrected chi connectivity index (χ3v) is 4.37. The lowest BCUT2D eigenvalue weighted by molar-refractivity contribution is 0.0558. The highest BCUT2D eigenvalue weighted by atomic mass is 16.2. The average Bonchev–Trinajstić information content (AvgIpc) is 3.31. The summed E-state index contributed by atoms with van der Waals surface area (Å²) < 4.78 is 0.